The van der Waals surface area contributed by atoms with Crippen molar-refractivity contribution in [2.75, 3.05) is 5.32 Å². The van der Waals surface area contributed by atoms with Crippen LogP contribution >= 0.6 is 7.60 Å². The van der Waals surface area contributed by atoms with E-state index in [0.717, 1.165) is 0 Å². The van der Waals surface area contributed by atoms with Gasteiger partial charge < -0.3 is 14.4 Å². The van der Waals surface area contributed by atoms with Crippen LogP contribution in [0.15, 0.2) is 59.4 Å². The number of nitrogens with one attached hydrogen (secondary N) is 1. The highest BCUT2D eigenvalue weighted by Crippen LogP contribution is 2.63. The highest BCUT2D eigenvalue weighted by atomic mass is 31.2. The third-order valence-corrected chi connectivity index (χ3v) is 7.77. The average Bonchev–Trinajstić information content (AvgIpc) is 2.99. The van der Waals surface area contributed by atoms with E-state index in [-0.39, 0.29) is 16.9 Å². The Morgan fingerprint density at radius 3 is 2.06 bits per heavy atom. The summed E-state index contributed by atoms with van der Waals surface area (Å²) in [5.41, 5.74) is 0.749. The van der Waals surface area contributed by atoms with Crippen molar-refractivity contribution in [1.29, 1.82) is 0 Å². The predicted molar refractivity (Wildman–Crippen MR) is 135 cm³/mol. The molecule has 0 radical (unpaired) electrons. The van der Waals surface area contributed by atoms with Gasteiger partial charge in [0, 0.05) is 13.1 Å². The van der Waals surface area contributed by atoms with E-state index in [1.54, 1.807) is 64.5 Å². The van der Waals surface area contributed by atoms with Crippen molar-refractivity contribution in [2.24, 2.45) is 7.05 Å². The summed E-state index contributed by atoms with van der Waals surface area (Å²) in [5, 5.41) is 14.9. The molecule has 188 valence electrons. The molecule has 3 rings (SSSR count). The smallest absolute Gasteiger partial charge is 0.358 e. The summed E-state index contributed by atoms with van der Waals surface area (Å²) in [5.74, 6) is -1.31. The summed E-state index contributed by atoms with van der Waals surface area (Å²) < 4.78 is 29.0. The quantitative estimate of drug-likeness (QED) is 0.219. The molecule has 10 nitrogen and oxygen atoms in total. The molecular weight excluding hydrogens is 471 g/mol. The van der Waals surface area contributed by atoms with Crippen LogP contribution in [-0.2, 0) is 20.7 Å². The Morgan fingerprint density at radius 1 is 0.971 bits per heavy atom. The minimum absolute atomic E-state index is 0.0936. The minimum Gasteiger partial charge on any atom is -0.362 e. The number of rotatable bonds is 10. The van der Waals surface area contributed by atoms with Crippen LogP contribution in [0.3, 0.4) is 0 Å². The molecule has 0 amide bonds. The van der Waals surface area contributed by atoms with Gasteiger partial charge in [-0.05, 0) is 52.8 Å². The highest BCUT2D eigenvalue weighted by Gasteiger charge is 2.43. The third kappa shape index (κ3) is 5.56. The SMILES string of the molecule is Cc1c(NC(c2ccccc2[N+](=O)[O-])P(=O)(OC(C)C)OC(C)C)c(=O)n(-c2ccccc2)n1C. The molecule has 0 spiro atoms. The third-order valence-electron chi connectivity index (χ3n) is 5.30. The zero-order chi connectivity index (χ0) is 25.9. The van der Waals surface area contributed by atoms with Crippen molar-refractivity contribution in [3.05, 3.63) is 86.3 Å². The van der Waals surface area contributed by atoms with E-state index >= 15 is 0 Å². The number of nitro groups is 1. The van der Waals surface area contributed by atoms with Gasteiger partial charge in [0.05, 0.1) is 34.1 Å². The summed E-state index contributed by atoms with van der Waals surface area (Å²) in [4.78, 5) is 24.8. The van der Waals surface area contributed by atoms with Crippen LogP contribution in [0.2, 0.25) is 0 Å². The van der Waals surface area contributed by atoms with E-state index in [1.807, 2.05) is 18.2 Å². The number of hydrogen-bond acceptors (Lipinski definition) is 7. The second-order valence-electron chi connectivity index (χ2n) is 8.65. The Bertz CT molecular complexity index is 1290. The van der Waals surface area contributed by atoms with Crippen LogP contribution in [0.5, 0.6) is 0 Å². The average molecular weight is 503 g/mol. The van der Waals surface area contributed by atoms with E-state index in [1.165, 1.54) is 22.9 Å². The fraction of sp³-hybridized carbons (Fsp3) is 0.375. The number of anilines is 1. The number of benzene rings is 2. The number of nitro benzene ring substituents is 1. The van der Waals surface area contributed by atoms with Gasteiger partial charge in [-0.3, -0.25) is 24.2 Å². The van der Waals surface area contributed by atoms with Gasteiger partial charge in [-0.25, -0.2) is 4.68 Å². The molecule has 0 fully saturated rings. The van der Waals surface area contributed by atoms with E-state index < -0.39 is 36.1 Å². The molecule has 1 atom stereocenters. The van der Waals surface area contributed by atoms with Gasteiger partial charge in [0.25, 0.3) is 11.2 Å². The largest absolute Gasteiger partial charge is 0.362 e. The lowest BCUT2D eigenvalue weighted by Crippen LogP contribution is -2.24. The molecule has 0 aliphatic carbocycles. The first-order chi connectivity index (χ1) is 16.5. The summed E-state index contributed by atoms with van der Waals surface area (Å²) in [6.07, 6.45) is -1.02. The van der Waals surface area contributed by atoms with Crippen LogP contribution in [-0.4, -0.2) is 26.5 Å². The molecule has 0 saturated carbocycles. The second-order valence-corrected chi connectivity index (χ2v) is 10.7. The molecule has 11 heteroatoms. The summed E-state index contributed by atoms with van der Waals surface area (Å²) in [7, 11) is -2.36. The van der Waals surface area contributed by atoms with Crippen molar-refractivity contribution < 1.29 is 18.5 Å². The molecule has 1 unspecified atom stereocenters. The summed E-state index contributed by atoms with van der Waals surface area (Å²) >= 11 is 0. The van der Waals surface area contributed by atoms with Gasteiger partial charge in [-0.1, -0.05) is 30.3 Å². The zero-order valence-corrected chi connectivity index (χ0v) is 21.6. The van der Waals surface area contributed by atoms with Crippen LogP contribution < -0.4 is 10.9 Å². The van der Waals surface area contributed by atoms with E-state index in [0.29, 0.717) is 11.4 Å². The van der Waals surface area contributed by atoms with Gasteiger partial charge >= 0.3 is 7.60 Å². The first-order valence-corrected chi connectivity index (χ1v) is 12.9. The van der Waals surface area contributed by atoms with Crippen LogP contribution in [0.1, 0.15) is 44.7 Å². The maximum Gasteiger partial charge on any atom is 0.358 e. The molecule has 0 aliphatic heterocycles. The first-order valence-electron chi connectivity index (χ1n) is 11.3. The topological polar surface area (TPSA) is 118 Å². The molecule has 2 aromatic carbocycles. The van der Waals surface area contributed by atoms with Gasteiger partial charge in [0.15, 0.2) is 5.78 Å². The number of nitrogens with zero attached hydrogens (tertiary/aromatic N) is 3. The van der Waals surface area contributed by atoms with Crippen molar-refractivity contribution >= 4 is 19.0 Å². The summed E-state index contributed by atoms with van der Waals surface area (Å²) in [6, 6.07) is 15.0. The number of para-hydroxylation sites is 2. The molecule has 35 heavy (non-hydrogen) atoms. The molecule has 1 N–H and O–H groups in total. The van der Waals surface area contributed by atoms with Crippen LogP contribution in [0.25, 0.3) is 5.69 Å². The molecule has 0 bridgehead atoms. The van der Waals surface area contributed by atoms with Gasteiger partial charge in [0.2, 0.25) is 0 Å². The fourth-order valence-corrected chi connectivity index (χ4v) is 6.13. The normalized spacial score (nSPS) is 12.8. The molecular formula is C24H31N4O6P. The molecule has 3 aromatic rings. The number of aromatic nitrogens is 2. The van der Waals surface area contributed by atoms with Gasteiger partial charge in [0.1, 0.15) is 5.69 Å². The fourth-order valence-electron chi connectivity index (χ4n) is 3.82. The van der Waals surface area contributed by atoms with E-state index in [9.17, 15) is 19.5 Å². The van der Waals surface area contributed by atoms with Crippen molar-refractivity contribution in [3.63, 3.8) is 0 Å². The highest BCUT2D eigenvalue weighted by molar-refractivity contribution is 7.54. The Balaban J connectivity index is 2.25. The van der Waals surface area contributed by atoms with E-state index in [4.69, 9.17) is 9.05 Å². The Hall–Kier alpha value is -3.20. The predicted octanol–water partition coefficient (Wildman–Crippen LogP) is 5.55. The maximum atomic E-state index is 14.3. The number of hydrogen-bond donors (Lipinski definition) is 1. The van der Waals surface area contributed by atoms with Crippen molar-refractivity contribution in [1.82, 2.24) is 9.36 Å². The van der Waals surface area contributed by atoms with Gasteiger partial charge in [-0.2, -0.15) is 0 Å². The standard InChI is InChI=1S/C24H31N4O6P/c1-16(2)33-35(32,34-17(3)4)23(20-14-10-11-15-21(20)28(30)31)25-22-18(5)26(6)27(24(22)29)19-12-8-7-9-13-19/h7-17,23,25H,1-6H3. The minimum atomic E-state index is -4.09. The van der Waals surface area contributed by atoms with Crippen LogP contribution in [0.4, 0.5) is 11.4 Å². The lowest BCUT2D eigenvalue weighted by molar-refractivity contribution is -0.385. The molecule has 1 aromatic heterocycles. The molecule has 1 heterocycles. The van der Waals surface area contributed by atoms with Crippen LogP contribution in [0, 0.1) is 17.0 Å². The maximum absolute atomic E-state index is 14.3. The summed E-state index contributed by atoms with van der Waals surface area (Å²) in [6.45, 7) is 8.52. The Labute approximate surface area is 204 Å². The lowest BCUT2D eigenvalue weighted by Gasteiger charge is -2.30. The Kier molecular flexibility index (Phi) is 8.00. The van der Waals surface area contributed by atoms with E-state index in [2.05, 4.69) is 5.32 Å². The Morgan fingerprint density at radius 2 is 1.51 bits per heavy atom. The monoisotopic (exact) mass is 502 g/mol. The van der Waals surface area contributed by atoms with Crippen molar-refractivity contribution in [3.8, 4) is 5.69 Å². The zero-order valence-electron chi connectivity index (χ0n) is 20.7. The van der Waals surface area contributed by atoms with Crippen molar-refractivity contribution in [2.45, 2.75) is 52.6 Å². The molecule has 0 saturated heterocycles. The lowest BCUT2D eigenvalue weighted by atomic mass is 10.1. The molecule has 0 aliphatic rings. The van der Waals surface area contributed by atoms with Gasteiger partial charge in [-0.15, -0.1) is 0 Å². The second kappa shape index (κ2) is 10.6. The first kappa shape index (κ1) is 26.4.